The summed E-state index contributed by atoms with van der Waals surface area (Å²) in [7, 11) is 0. The van der Waals surface area contributed by atoms with Crippen LogP contribution in [-0.2, 0) is 4.79 Å². The van der Waals surface area contributed by atoms with Crippen molar-refractivity contribution in [1.82, 2.24) is 10.2 Å². The Morgan fingerprint density at radius 1 is 0.794 bits per heavy atom. The summed E-state index contributed by atoms with van der Waals surface area (Å²) in [5.41, 5.74) is 4.60. The van der Waals surface area contributed by atoms with E-state index in [2.05, 4.69) is 32.5 Å². The number of nitrogens with zero attached hydrogens (tertiary/aromatic N) is 3. The zero-order chi connectivity index (χ0) is 23.2. The van der Waals surface area contributed by atoms with Crippen molar-refractivity contribution in [3.05, 3.63) is 91.0 Å². The third-order valence-corrected chi connectivity index (χ3v) is 5.85. The molecule has 1 N–H and O–H groups in total. The third-order valence-electron chi connectivity index (χ3n) is 5.85. The first-order chi connectivity index (χ1) is 16.7. The molecule has 0 atom stereocenters. The summed E-state index contributed by atoms with van der Waals surface area (Å²) < 4.78 is 5.67. The van der Waals surface area contributed by atoms with Gasteiger partial charge in [-0.2, -0.15) is 0 Å². The second-order valence-electron chi connectivity index (χ2n) is 8.28. The molecule has 0 radical (unpaired) electrons. The monoisotopic (exact) mass is 450 g/mol. The van der Waals surface area contributed by atoms with E-state index in [1.165, 1.54) is 12.8 Å². The Kier molecular flexibility index (Phi) is 6.47. The highest BCUT2D eigenvalue weighted by molar-refractivity contribution is 5.92. The lowest BCUT2D eigenvalue weighted by molar-refractivity contribution is -0.118. The van der Waals surface area contributed by atoms with Gasteiger partial charge in [-0.05, 0) is 60.4 Å². The van der Waals surface area contributed by atoms with Crippen LogP contribution in [0.3, 0.4) is 0 Å². The Balaban J connectivity index is 1.17. The normalized spacial score (nSPS) is 13.0. The molecular weight excluding hydrogens is 424 g/mol. The number of carbonyl (C=O) groups excluding carboxylic acids is 1. The van der Waals surface area contributed by atoms with Crippen LogP contribution in [0.5, 0.6) is 5.75 Å². The van der Waals surface area contributed by atoms with E-state index in [1.807, 2.05) is 78.9 Å². The third kappa shape index (κ3) is 5.23. The van der Waals surface area contributed by atoms with Crippen molar-refractivity contribution in [2.75, 3.05) is 29.9 Å². The number of ether oxygens (including phenoxy) is 1. The Hall–Kier alpha value is -4.19. The number of rotatable bonds is 7. The quantitative estimate of drug-likeness (QED) is 0.407. The Labute approximate surface area is 199 Å². The summed E-state index contributed by atoms with van der Waals surface area (Å²) in [6.07, 6.45) is 2.40. The number of aromatic nitrogens is 2. The van der Waals surface area contributed by atoms with Gasteiger partial charge in [-0.1, -0.05) is 54.6 Å². The Bertz CT molecular complexity index is 1240. The van der Waals surface area contributed by atoms with Crippen LogP contribution in [0.15, 0.2) is 91.0 Å². The summed E-state index contributed by atoms with van der Waals surface area (Å²) in [6, 6.07) is 29.4. The zero-order valence-electron chi connectivity index (χ0n) is 18.9. The maximum Gasteiger partial charge on any atom is 0.262 e. The number of hydrogen-bond acceptors (Lipinski definition) is 5. The fourth-order valence-corrected chi connectivity index (χ4v) is 4.07. The molecule has 0 aliphatic carbocycles. The highest BCUT2D eigenvalue weighted by Crippen LogP contribution is 2.24. The topological polar surface area (TPSA) is 67.3 Å². The van der Waals surface area contributed by atoms with E-state index in [-0.39, 0.29) is 12.5 Å². The molecule has 1 fully saturated rings. The molecule has 2 heterocycles. The number of hydrogen-bond donors (Lipinski definition) is 1. The van der Waals surface area contributed by atoms with Crippen molar-refractivity contribution >= 4 is 17.4 Å². The summed E-state index contributed by atoms with van der Waals surface area (Å²) in [4.78, 5) is 14.7. The van der Waals surface area contributed by atoms with Gasteiger partial charge in [-0.3, -0.25) is 4.79 Å². The average molecular weight is 451 g/mol. The van der Waals surface area contributed by atoms with Crippen molar-refractivity contribution in [2.45, 2.75) is 12.8 Å². The SMILES string of the molecule is O=C(COc1ccc(-c2ccccc2)cc1)Nc1cccc(-c2ccc(N3CCCC3)nn2)c1. The number of anilines is 2. The molecule has 1 aliphatic heterocycles. The van der Waals surface area contributed by atoms with E-state index in [0.717, 1.165) is 41.3 Å². The molecule has 1 amide bonds. The number of nitrogens with one attached hydrogen (secondary N) is 1. The van der Waals surface area contributed by atoms with E-state index in [4.69, 9.17) is 4.74 Å². The van der Waals surface area contributed by atoms with Crippen LogP contribution >= 0.6 is 0 Å². The Morgan fingerprint density at radius 2 is 1.53 bits per heavy atom. The molecule has 5 rings (SSSR count). The minimum atomic E-state index is -0.222. The summed E-state index contributed by atoms with van der Waals surface area (Å²) in [5, 5.41) is 11.7. The van der Waals surface area contributed by atoms with Gasteiger partial charge in [0.05, 0.1) is 5.69 Å². The van der Waals surface area contributed by atoms with Gasteiger partial charge in [0.15, 0.2) is 12.4 Å². The van der Waals surface area contributed by atoms with Crippen LogP contribution in [-0.4, -0.2) is 35.8 Å². The molecule has 1 saturated heterocycles. The first-order valence-electron chi connectivity index (χ1n) is 11.5. The second-order valence-corrected chi connectivity index (χ2v) is 8.28. The fourth-order valence-electron chi connectivity index (χ4n) is 4.07. The predicted octanol–water partition coefficient (Wildman–Crippen LogP) is 5.43. The van der Waals surface area contributed by atoms with Crippen LogP contribution in [0, 0.1) is 0 Å². The van der Waals surface area contributed by atoms with Crippen LogP contribution in [0.1, 0.15) is 12.8 Å². The van der Waals surface area contributed by atoms with Gasteiger partial charge in [0, 0.05) is 24.3 Å². The first-order valence-corrected chi connectivity index (χ1v) is 11.5. The lowest BCUT2D eigenvalue weighted by Crippen LogP contribution is -2.20. The summed E-state index contributed by atoms with van der Waals surface area (Å²) in [5.74, 6) is 1.34. The number of amides is 1. The molecule has 4 aromatic rings. The van der Waals surface area contributed by atoms with Crippen molar-refractivity contribution < 1.29 is 9.53 Å². The van der Waals surface area contributed by atoms with E-state index < -0.39 is 0 Å². The molecule has 0 saturated carbocycles. The van der Waals surface area contributed by atoms with Crippen LogP contribution in [0.2, 0.25) is 0 Å². The highest BCUT2D eigenvalue weighted by Gasteiger charge is 2.14. The van der Waals surface area contributed by atoms with Gasteiger partial charge in [0.25, 0.3) is 5.91 Å². The zero-order valence-corrected chi connectivity index (χ0v) is 18.9. The molecule has 34 heavy (non-hydrogen) atoms. The minimum Gasteiger partial charge on any atom is -0.484 e. The fraction of sp³-hybridized carbons (Fsp3) is 0.179. The summed E-state index contributed by atoms with van der Waals surface area (Å²) in [6.45, 7) is 2.00. The van der Waals surface area contributed by atoms with E-state index >= 15 is 0 Å². The predicted molar refractivity (Wildman–Crippen MR) is 135 cm³/mol. The molecule has 6 heteroatoms. The van der Waals surface area contributed by atoms with E-state index in [1.54, 1.807) is 0 Å². The molecular formula is C28H26N4O2. The maximum atomic E-state index is 12.4. The number of benzene rings is 3. The molecule has 0 unspecified atom stereocenters. The maximum absolute atomic E-state index is 12.4. The van der Waals surface area contributed by atoms with E-state index in [9.17, 15) is 4.79 Å². The first kappa shape index (κ1) is 21.6. The largest absolute Gasteiger partial charge is 0.484 e. The van der Waals surface area contributed by atoms with Crippen LogP contribution in [0.25, 0.3) is 22.4 Å². The summed E-state index contributed by atoms with van der Waals surface area (Å²) >= 11 is 0. The van der Waals surface area contributed by atoms with Gasteiger partial charge in [0.2, 0.25) is 0 Å². The van der Waals surface area contributed by atoms with Crippen molar-refractivity contribution in [3.63, 3.8) is 0 Å². The second kappa shape index (κ2) is 10.2. The van der Waals surface area contributed by atoms with Gasteiger partial charge in [-0.15, -0.1) is 10.2 Å². The van der Waals surface area contributed by atoms with Crippen molar-refractivity contribution in [1.29, 1.82) is 0 Å². The van der Waals surface area contributed by atoms with Crippen LogP contribution in [0.4, 0.5) is 11.5 Å². The lowest BCUT2D eigenvalue weighted by atomic mass is 10.1. The smallest absolute Gasteiger partial charge is 0.262 e. The van der Waals surface area contributed by atoms with Gasteiger partial charge < -0.3 is 15.0 Å². The van der Waals surface area contributed by atoms with Gasteiger partial charge in [0.1, 0.15) is 5.75 Å². The Morgan fingerprint density at radius 3 is 2.26 bits per heavy atom. The lowest BCUT2D eigenvalue weighted by Gasteiger charge is -2.15. The minimum absolute atomic E-state index is 0.0702. The highest BCUT2D eigenvalue weighted by atomic mass is 16.5. The molecule has 0 bridgehead atoms. The molecule has 170 valence electrons. The van der Waals surface area contributed by atoms with Crippen molar-refractivity contribution in [2.24, 2.45) is 0 Å². The van der Waals surface area contributed by atoms with Crippen molar-refractivity contribution in [3.8, 4) is 28.1 Å². The molecule has 1 aliphatic rings. The molecule has 1 aromatic heterocycles. The standard InChI is InChI=1S/C28H26N4O2/c33-28(20-34-25-13-11-22(12-14-25)21-7-2-1-3-8-21)29-24-10-6-9-23(19-24)26-15-16-27(31-30-26)32-17-4-5-18-32/h1-3,6-16,19H,4-5,17-18,20H2,(H,29,33). The van der Waals surface area contributed by atoms with Gasteiger partial charge >= 0.3 is 0 Å². The molecule has 6 nitrogen and oxygen atoms in total. The molecule has 3 aromatic carbocycles. The van der Waals surface area contributed by atoms with E-state index in [0.29, 0.717) is 11.4 Å². The average Bonchev–Trinajstić information content (AvgIpc) is 3.44. The number of carbonyl (C=O) groups is 1. The van der Waals surface area contributed by atoms with Gasteiger partial charge in [-0.25, -0.2) is 0 Å². The molecule has 0 spiro atoms. The van der Waals surface area contributed by atoms with Crippen LogP contribution < -0.4 is 15.0 Å².